The van der Waals surface area contributed by atoms with E-state index < -0.39 is 17.7 Å². The number of rotatable bonds is 8. The number of benzene rings is 1. The van der Waals surface area contributed by atoms with Crippen molar-refractivity contribution < 1.29 is 23.1 Å². The molecule has 0 unspecified atom stereocenters. The van der Waals surface area contributed by atoms with E-state index in [1.54, 1.807) is 0 Å². The number of aliphatic carboxylic acids is 1. The summed E-state index contributed by atoms with van der Waals surface area (Å²) in [4.78, 5) is 13.1. The van der Waals surface area contributed by atoms with Gasteiger partial charge in [-0.25, -0.2) is 0 Å². The molecule has 0 atom stereocenters. The average Bonchev–Trinajstić information content (AvgIpc) is 3.28. The first kappa shape index (κ1) is 18.2. The molecule has 1 aromatic carbocycles. The van der Waals surface area contributed by atoms with Gasteiger partial charge in [-0.2, -0.15) is 13.2 Å². The number of halogens is 3. The molecule has 1 aromatic rings. The van der Waals surface area contributed by atoms with Gasteiger partial charge in [-0.1, -0.05) is 12.1 Å². The Bertz CT molecular complexity index is 593. The first-order valence-electron chi connectivity index (χ1n) is 8.66. The zero-order valence-corrected chi connectivity index (χ0v) is 13.9. The van der Waals surface area contributed by atoms with Crippen LogP contribution in [-0.2, 0) is 17.5 Å². The fraction of sp³-hybridized carbons (Fsp3) is 0.611. The summed E-state index contributed by atoms with van der Waals surface area (Å²) in [5.74, 6) is -0.139. The SMILES string of the molecule is O=C(O)CN(CC1CC1)C1CC(NCc2ccc(C(F)(F)F)cc2)C1. The van der Waals surface area contributed by atoms with Crippen molar-refractivity contribution in [2.24, 2.45) is 5.92 Å². The topological polar surface area (TPSA) is 52.6 Å². The van der Waals surface area contributed by atoms with Gasteiger partial charge in [0, 0.05) is 25.2 Å². The smallest absolute Gasteiger partial charge is 0.416 e. The van der Waals surface area contributed by atoms with Crippen LogP contribution in [0.4, 0.5) is 13.2 Å². The van der Waals surface area contributed by atoms with Gasteiger partial charge in [0.2, 0.25) is 0 Å². The molecule has 0 spiro atoms. The number of hydrogen-bond donors (Lipinski definition) is 2. The largest absolute Gasteiger partial charge is 0.480 e. The number of nitrogens with zero attached hydrogens (tertiary/aromatic N) is 1. The third kappa shape index (κ3) is 5.19. The Morgan fingerprint density at radius 3 is 2.36 bits per heavy atom. The number of carboxylic acid groups (broad SMARTS) is 1. The van der Waals surface area contributed by atoms with Crippen molar-refractivity contribution in [3.63, 3.8) is 0 Å². The predicted octanol–water partition coefficient (Wildman–Crippen LogP) is 3.12. The minimum atomic E-state index is -4.30. The van der Waals surface area contributed by atoms with Gasteiger partial charge in [0.05, 0.1) is 12.1 Å². The maximum atomic E-state index is 12.5. The molecule has 2 aliphatic carbocycles. The van der Waals surface area contributed by atoms with E-state index in [1.165, 1.54) is 25.0 Å². The highest BCUT2D eigenvalue weighted by Crippen LogP contribution is 2.34. The highest BCUT2D eigenvalue weighted by molar-refractivity contribution is 5.69. The zero-order valence-electron chi connectivity index (χ0n) is 13.9. The van der Waals surface area contributed by atoms with Crippen molar-refractivity contribution in [2.45, 2.75) is 50.5 Å². The highest BCUT2D eigenvalue weighted by Gasteiger charge is 2.37. The van der Waals surface area contributed by atoms with E-state index in [2.05, 4.69) is 10.2 Å². The normalized spacial score (nSPS) is 23.5. The third-order valence-corrected chi connectivity index (χ3v) is 5.03. The van der Waals surface area contributed by atoms with Gasteiger partial charge in [0.25, 0.3) is 0 Å². The Labute approximate surface area is 145 Å². The van der Waals surface area contributed by atoms with Gasteiger partial charge in [0.15, 0.2) is 0 Å². The molecule has 7 heteroatoms. The van der Waals surface area contributed by atoms with Gasteiger partial charge < -0.3 is 10.4 Å². The van der Waals surface area contributed by atoms with E-state index in [4.69, 9.17) is 5.11 Å². The van der Waals surface area contributed by atoms with Gasteiger partial charge in [0.1, 0.15) is 0 Å². The molecule has 138 valence electrons. The molecule has 3 rings (SSSR count). The van der Waals surface area contributed by atoms with Crippen LogP contribution in [-0.4, -0.2) is 41.1 Å². The van der Waals surface area contributed by atoms with E-state index in [0.717, 1.165) is 37.1 Å². The molecule has 0 aromatic heterocycles. The van der Waals surface area contributed by atoms with Crippen molar-refractivity contribution >= 4 is 5.97 Å². The monoisotopic (exact) mass is 356 g/mol. The van der Waals surface area contributed by atoms with Crippen LogP contribution in [0, 0.1) is 5.92 Å². The molecular weight excluding hydrogens is 333 g/mol. The number of nitrogens with one attached hydrogen (secondary N) is 1. The third-order valence-electron chi connectivity index (χ3n) is 5.03. The summed E-state index contributed by atoms with van der Waals surface area (Å²) in [7, 11) is 0. The Morgan fingerprint density at radius 1 is 1.20 bits per heavy atom. The van der Waals surface area contributed by atoms with E-state index in [-0.39, 0.29) is 6.54 Å². The number of alkyl halides is 3. The lowest BCUT2D eigenvalue weighted by atomic mass is 9.85. The van der Waals surface area contributed by atoms with Crippen LogP contribution in [0.1, 0.15) is 36.8 Å². The summed E-state index contributed by atoms with van der Waals surface area (Å²) in [5, 5.41) is 12.4. The van der Waals surface area contributed by atoms with Crippen LogP contribution in [0.3, 0.4) is 0 Å². The molecule has 0 saturated heterocycles. The summed E-state index contributed by atoms with van der Waals surface area (Å²) < 4.78 is 37.6. The zero-order chi connectivity index (χ0) is 18.0. The quantitative estimate of drug-likeness (QED) is 0.751. The minimum absolute atomic E-state index is 0.0901. The van der Waals surface area contributed by atoms with Crippen LogP contribution < -0.4 is 5.32 Å². The van der Waals surface area contributed by atoms with E-state index in [9.17, 15) is 18.0 Å². The highest BCUT2D eigenvalue weighted by atomic mass is 19.4. The molecule has 2 aliphatic rings. The number of hydrogen-bond acceptors (Lipinski definition) is 3. The summed E-state index contributed by atoms with van der Waals surface area (Å²) in [6.07, 6.45) is -0.138. The second kappa shape index (κ2) is 7.33. The molecule has 0 bridgehead atoms. The lowest BCUT2D eigenvalue weighted by Crippen LogP contribution is -2.54. The molecule has 2 saturated carbocycles. The maximum absolute atomic E-state index is 12.5. The molecule has 0 aliphatic heterocycles. The van der Waals surface area contributed by atoms with Crippen molar-refractivity contribution in [1.29, 1.82) is 0 Å². The molecule has 2 N–H and O–H groups in total. The van der Waals surface area contributed by atoms with Gasteiger partial charge in [-0.05, 0) is 49.3 Å². The summed E-state index contributed by atoms with van der Waals surface area (Å²) in [6.45, 7) is 1.48. The minimum Gasteiger partial charge on any atom is -0.480 e. The molecule has 0 heterocycles. The first-order valence-corrected chi connectivity index (χ1v) is 8.66. The van der Waals surface area contributed by atoms with Gasteiger partial charge >= 0.3 is 12.1 Å². The Morgan fingerprint density at radius 2 is 1.84 bits per heavy atom. The predicted molar refractivity (Wildman–Crippen MR) is 87.0 cm³/mol. The van der Waals surface area contributed by atoms with Crippen molar-refractivity contribution in [3.8, 4) is 0 Å². The van der Waals surface area contributed by atoms with Gasteiger partial charge in [-0.3, -0.25) is 9.69 Å². The maximum Gasteiger partial charge on any atom is 0.416 e. The molecule has 0 amide bonds. The average molecular weight is 356 g/mol. The number of carbonyl (C=O) groups is 1. The van der Waals surface area contributed by atoms with E-state index in [1.807, 2.05) is 0 Å². The molecule has 0 radical (unpaired) electrons. The number of carboxylic acids is 1. The lowest BCUT2D eigenvalue weighted by Gasteiger charge is -2.43. The van der Waals surface area contributed by atoms with Crippen LogP contribution in [0.25, 0.3) is 0 Å². The fourth-order valence-corrected chi connectivity index (χ4v) is 3.27. The Kier molecular flexibility index (Phi) is 5.34. The summed E-state index contributed by atoms with van der Waals surface area (Å²) in [6, 6.07) is 5.78. The molecule has 4 nitrogen and oxygen atoms in total. The lowest BCUT2D eigenvalue weighted by molar-refractivity contribution is -0.140. The summed E-state index contributed by atoms with van der Waals surface area (Å²) >= 11 is 0. The standard InChI is InChI=1S/C18H23F3N2O2/c19-18(20,21)14-5-3-12(4-6-14)9-22-15-7-16(8-15)23(11-17(24)25)10-13-1-2-13/h3-6,13,15-16,22H,1-2,7-11H2,(H,24,25). The second-order valence-corrected chi connectivity index (χ2v) is 7.16. The van der Waals surface area contributed by atoms with Crippen LogP contribution >= 0.6 is 0 Å². The van der Waals surface area contributed by atoms with E-state index in [0.29, 0.717) is 24.5 Å². The van der Waals surface area contributed by atoms with Crippen LogP contribution in [0.15, 0.2) is 24.3 Å². The second-order valence-electron chi connectivity index (χ2n) is 7.16. The van der Waals surface area contributed by atoms with Crippen molar-refractivity contribution in [3.05, 3.63) is 35.4 Å². The van der Waals surface area contributed by atoms with Crippen molar-refractivity contribution in [2.75, 3.05) is 13.1 Å². The van der Waals surface area contributed by atoms with E-state index >= 15 is 0 Å². The van der Waals surface area contributed by atoms with Gasteiger partial charge in [-0.15, -0.1) is 0 Å². The fourth-order valence-electron chi connectivity index (χ4n) is 3.27. The Hall–Kier alpha value is -1.60. The molecule has 25 heavy (non-hydrogen) atoms. The molecular formula is C18H23F3N2O2. The van der Waals surface area contributed by atoms with Crippen molar-refractivity contribution in [1.82, 2.24) is 10.2 Å². The Balaban J connectivity index is 1.42. The van der Waals surface area contributed by atoms with Crippen LogP contribution in [0.2, 0.25) is 0 Å². The molecule has 2 fully saturated rings. The summed E-state index contributed by atoms with van der Waals surface area (Å²) in [5.41, 5.74) is 0.182. The van der Waals surface area contributed by atoms with Crippen LogP contribution in [0.5, 0.6) is 0 Å². The first-order chi connectivity index (χ1) is 11.8.